The fourth-order valence-electron chi connectivity index (χ4n) is 3.06. The number of nitrogens with one attached hydrogen (secondary N) is 1. The molecule has 0 bridgehead atoms. The van der Waals surface area contributed by atoms with Crippen LogP contribution in [0.4, 0.5) is 11.4 Å². The largest absolute Gasteiger partial charge is 0.487 e. The fourth-order valence-corrected chi connectivity index (χ4v) is 5.58. The summed E-state index contributed by atoms with van der Waals surface area (Å²) in [6, 6.07) is 12.0. The Morgan fingerprint density at radius 1 is 1.23 bits per heavy atom. The van der Waals surface area contributed by atoms with Crippen LogP contribution in [0.2, 0.25) is 0 Å². The number of nitrogens with zero attached hydrogens (tertiary/aromatic N) is 1. The van der Waals surface area contributed by atoms with E-state index in [1.807, 2.05) is 13.0 Å². The topological polar surface area (TPSA) is 75.7 Å². The molecule has 26 heavy (non-hydrogen) atoms. The van der Waals surface area contributed by atoms with E-state index in [1.54, 1.807) is 48.2 Å². The number of carbonyl (C=O) groups is 1. The Morgan fingerprint density at radius 2 is 2.04 bits per heavy atom. The molecule has 0 spiro atoms. The van der Waals surface area contributed by atoms with Gasteiger partial charge in [0.05, 0.1) is 22.8 Å². The summed E-state index contributed by atoms with van der Waals surface area (Å²) >= 11 is 1.55. The molecule has 8 heteroatoms. The van der Waals surface area contributed by atoms with Crippen molar-refractivity contribution >= 4 is 39.1 Å². The third kappa shape index (κ3) is 3.03. The van der Waals surface area contributed by atoms with Gasteiger partial charge in [0.1, 0.15) is 11.9 Å². The summed E-state index contributed by atoms with van der Waals surface area (Å²) in [6.45, 7) is 2.07. The molecule has 136 valence electrons. The van der Waals surface area contributed by atoms with Crippen LogP contribution in [0.3, 0.4) is 0 Å². The summed E-state index contributed by atoms with van der Waals surface area (Å²) in [5.74, 6) is 1.13. The van der Waals surface area contributed by atoms with Crippen molar-refractivity contribution in [1.29, 1.82) is 0 Å². The average molecular weight is 390 g/mol. The van der Waals surface area contributed by atoms with Crippen LogP contribution in [0.5, 0.6) is 5.75 Å². The molecule has 0 fully saturated rings. The minimum Gasteiger partial charge on any atom is -0.487 e. The molecule has 2 aromatic carbocycles. The SMILES string of the molecule is CC1CN(S(=O)(=O)c2ccc3c(c2)NC(=O)CCS3)c2ccccc2O1. The van der Waals surface area contributed by atoms with Gasteiger partial charge in [-0.05, 0) is 37.3 Å². The van der Waals surface area contributed by atoms with E-state index in [0.29, 0.717) is 29.3 Å². The minimum absolute atomic E-state index is 0.101. The summed E-state index contributed by atoms with van der Waals surface area (Å²) in [5, 5.41) is 2.80. The third-order valence-electron chi connectivity index (χ3n) is 4.28. The van der Waals surface area contributed by atoms with Gasteiger partial charge in [-0.2, -0.15) is 0 Å². The second-order valence-corrected chi connectivity index (χ2v) is 9.24. The summed E-state index contributed by atoms with van der Waals surface area (Å²) in [6.07, 6.45) is 0.159. The van der Waals surface area contributed by atoms with Crippen molar-refractivity contribution in [3.8, 4) is 5.75 Å². The highest BCUT2D eigenvalue weighted by Crippen LogP contribution is 2.38. The highest BCUT2D eigenvalue weighted by atomic mass is 32.2. The van der Waals surface area contributed by atoms with E-state index in [4.69, 9.17) is 4.74 Å². The van der Waals surface area contributed by atoms with Crippen LogP contribution in [-0.4, -0.2) is 32.7 Å². The maximum Gasteiger partial charge on any atom is 0.264 e. The number of hydrogen-bond donors (Lipinski definition) is 1. The van der Waals surface area contributed by atoms with E-state index in [0.717, 1.165) is 4.90 Å². The average Bonchev–Trinajstić information content (AvgIpc) is 2.80. The van der Waals surface area contributed by atoms with Crippen molar-refractivity contribution in [2.24, 2.45) is 0 Å². The zero-order valence-electron chi connectivity index (χ0n) is 14.1. The summed E-state index contributed by atoms with van der Waals surface area (Å²) in [7, 11) is -3.78. The molecule has 2 heterocycles. The number of fused-ring (bicyclic) bond motifs is 2. The monoisotopic (exact) mass is 390 g/mol. The Hall–Kier alpha value is -2.19. The Labute approximate surface area is 156 Å². The van der Waals surface area contributed by atoms with Gasteiger partial charge < -0.3 is 10.1 Å². The molecule has 6 nitrogen and oxygen atoms in total. The molecule has 0 saturated heterocycles. The summed E-state index contributed by atoms with van der Waals surface area (Å²) in [5.41, 5.74) is 1.08. The Kier molecular flexibility index (Phi) is 4.32. The molecule has 2 aliphatic heterocycles. The molecule has 0 aromatic heterocycles. The van der Waals surface area contributed by atoms with Crippen LogP contribution in [0, 0.1) is 0 Å². The maximum absolute atomic E-state index is 13.3. The van der Waals surface area contributed by atoms with Crippen LogP contribution in [0.15, 0.2) is 52.3 Å². The van der Waals surface area contributed by atoms with Crippen LogP contribution >= 0.6 is 11.8 Å². The number of anilines is 2. The molecule has 0 aliphatic carbocycles. The number of rotatable bonds is 2. The maximum atomic E-state index is 13.3. The van der Waals surface area contributed by atoms with Gasteiger partial charge in [-0.25, -0.2) is 8.42 Å². The standard InChI is InChI=1S/C18H18N2O4S2/c1-12-11-20(15-4-2-3-5-16(15)24-12)26(22,23)13-6-7-17-14(10-13)19-18(21)8-9-25-17/h2-7,10,12H,8-9,11H2,1H3,(H,19,21). The van der Waals surface area contributed by atoms with Crippen LogP contribution in [0.25, 0.3) is 0 Å². The predicted molar refractivity (Wildman–Crippen MR) is 101 cm³/mol. The van der Waals surface area contributed by atoms with E-state index in [1.165, 1.54) is 4.31 Å². The molecule has 1 unspecified atom stereocenters. The first kappa shape index (κ1) is 17.2. The second-order valence-electron chi connectivity index (χ2n) is 6.24. The Bertz CT molecular complexity index is 975. The lowest BCUT2D eigenvalue weighted by Gasteiger charge is -2.34. The van der Waals surface area contributed by atoms with Crippen molar-refractivity contribution in [3.05, 3.63) is 42.5 Å². The van der Waals surface area contributed by atoms with Crippen LogP contribution in [0.1, 0.15) is 13.3 Å². The zero-order valence-corrected chi connectivity index (χ0v) is 15.8. The number of amides is 1. The van der Waals surface area contributed by atoms with E-state index < -0.39 is 10.0 Å². The number of thioether (sulfide) groups is 1. The van der Waals surface area contributed by atoms with E-state index in [-0.39, 0.29) is 23.5 Å². The van der Waals surface area contributed by atoms with Gasteiger partial charge in [0.15, 0.2) is 0 Å². The van der Waals surface area contributed by atoms with E-state index in [9.17, 15) is 13.2 Å². The van der Waals surface area contributed by atoms with E-state index >= 15 is 0 Å². The van der Waals surface area contributed by atoms with Gasteiger partial charge in [0.25, 0.3) is 10.0 Å². The van der Waals surface area contributed by atoms with Crippen molar-refractivity contribution < 1.29 is 17.9 Å². The van der Waals surface area contributed by atoms with Crippen molar-refractivity contribution in [3.63, 3.8) is 0 Å². The number of ether oxygens (including phenoxy) is 1. The number of sulfonamides is 1. The van der Waals surface area contributed by atoms with Gasteiger partial charge in [-0.15, -0.1) is 11.8 Å². The lowest BCUT2D eigenvalue weighted by atomic mass is 10.2. The third-order valence-corrected chi connectivity index (χ3v) is 7.14. The Balaban J connectivity index is 1.77. The van der Waals surface area contributed by atoms with Crippen LogP contribution in [-0.2, 0) is 14.8 Å². The fraction of sp³-hybridized carbons (Fsp3) is 0.278. The number of hydrogen-bond acceptors (Lipinski definition) is 5. The predicted octanol–water partition coefficient (Wildman–Crippen LogP) is 3.10. The molecule has 2 aliphatic rings. The van der Waals surface area contributed by atoms with Crippen molar-refractivity contribution in [2.75, 3.05) is 21.9 Å². The molecule has 4 rings (SSSR count). The molecule has 1 amide bonds. The first-order valence-corrected chi connectivity index (χ1v) is 10.7. The van der Waals surface area contributed by atoms with E-state index in [2.05, 4.69) is 5.32 Å². The van der Waals surface area contributed by atoms with Gasteiger partial charge >= 0.3 is 0 Å². The number of para-hydroxylation sites is 2. The van der Waals surface area contributed by atoms with Crippen molar-refractivity contribution in [1.82, 2.24) is 0 Å². The Morgan fingerprint density at radius 3 is 2.88 bits per heavy atom. The second kappa shape index (κ2) is 6.51. The normalized spacial score (nSPS) is 19.7. The summed E-state index contributed by atoms with van der Waals surface area (Å²) in [4.78, 5) is 12.8. The summed E-state index contributed by atoms with van der Waals surface area (Å²) < 4.78 is 33.7. The van der Waals surface area contributed by atoms with Gasteiger partial charge in [0, 0.05) is 17.1 Å². The smallest absolute Gasteiger partial charge is 0.264 e. The highest BCUT2D eigenvalue weighted by Gasteiger charge is 2.33. The lowest BCUT2D eigenvalue weighted by molar-refractivity contribution is -0.115. The molecular weight excluding hydrogens is 372 g/mol. The van der Waals surface area contributed by atoms with Gasteiger partial charge in [-0.3, -0.25) is 9.10 Å². The molecule has 1 N–H and O–H groups in total. The molecule has 0 saturated carbocycles. The van der Waals surface area contributed by atoms with Gasteiger partial charge in [-0.1, -0.05) is 12.1 Å². The quantitative estimate of drug-likeness (QED) is 0.853. The number of carbonyl (C=O) groups excluding carboxylic acids is 1. The highest BCUT2D eigenvalue weighted by molar-refractivity contribution is 7.99. The van der Waals surface area contributed by atoms with Crippen LogP contribution < -0.4 is 14.4 Å². The molecular formula is C18H18N2O4S2. The molecule has 2 aromatic rings. The first-order valence-electron chi connectivity index (χ1n) is 8.30. The number of benzene rings is 2. The lowest BCUT2D eigenvalue weighted by Crippen LogP contribution is -2.42. The minimum atomic E-state index is -3.78. The molecule has 0 radical (unpaired) electrons. The first-order chi connectivity index (χ1) is 12.4. The van der Waals surface area contributed by atoms with Crippen molar-refractivity contribution in [2.45, 2.75) is 29.2 Å². The van der Waals surface area contributed by atoms with Gasteiger partial charge in [0.2, 0.25) is 5.91 Å². The molecule has 1 atom stereocenters. The zero-order chi connectivity index (χ0) is 18.3.